The number of carbonyl (C=O) groups is 2. The van der Waals surface area contributed by atoms with Crippen LogP contribution < -0.4 is 0 Å². The fourth-order valence-electron chi connectivity index (χ4n) is 3.05. The average Bonchev–Trinajstić information content (AvgIpc) is 2.45. The van der Waals surface area contributed by atoms with Crippen molar-refractivity contribution in [2.24, 2.45) is 5.41 Å². The van der Waals surface area contributed by atoms with Crippen molar-refractivity contribution in [3.05, 3.63) is 34.3 Å². The lowest BCUT2D eigenvalue weighted by molar-refractivity contribution is -0.152. The zero-order chi connectivity index (χ0) is 18.0. The van der Waals surface area contributed by atoms with E-state index in [1.807, 2.05) is 24.3 Å². The molecule has 0 saturated carbocycles. The Kier molecular flexibility index (Phi) is 5.58. The van der Waals surface area contributed by atoms with Gasteiger partial charge in [-0.15, -0.1) is 0 Å². The number of ether oxygens (including phenoxy) is 1. The van der Waals surface area contributed by atoms with Crippen LogP contribution in [0.4, 0.5) is 4.79 Å². The van der Waals surface area contributed by atoms with Crippen LogP contribution in [0.5, 0.6) is 0 Å². The summed E-state index contributed by atoms with van der Waals surface area (Å²) in [7, 11) is 0. The van der Waals surface area contributed by atoms with Crippen molar-refractivity contribution in [2.75, 3.05) is 13.1 Å². The molecule has 0 spiro atoms. The maximum Gasteiger partial charge on any atom is 0.410 e. The summed E-state index contributed by atoms with van der Waals surface area (Å²) in [6.07, 6.45) is 1.15. The van der Waals surface area contributed by atoms with Crippen molar-refractivity contribution < 1.29 is 19.4 Å². The Balaban J connectivity index is 2.19. The molecule has 0 aliphatic carbocycles. The number of amides is 1. The van der Waals surface area contributed by atoms with E-state index in [2.05, 4.69) is 15.9 Å². The molecule has 1 aromatic rings. The molecule has 6 heteroatoms. The van der Waals surface area contributed by atoms with Crippen LogP contribution in [0.15, 0.2) is 28.7 Å². The highest BCUT2D eigenvalue weighted by atomic mass is 79.9. The monoisotopic (exact) mass is 397 g/mol. The first-order valence-corrected chi connectivity index (χ1v) is 8.86. The molecule has 1 saturated heterocycles. The lowest BCUT2D eigenvalue weighted by atomic mass is 9.75. The van der Waals surface area contributed by atoms with Gasteiger partial charge in [0.15, 0.2) is 0 Å². The highest BCUT2D eigenvalue weighted by molar-refractivity contribution is 9.10. The van der Waals surface area contributed by atoms with Crippen LogP contribution in [0.2, 0.25) is 0 Å². The molecule has 132 valence electrons. The van der Waals surface area contributed by atoms with E-state index in [-0.39, 0.29) is 6.54 Å². The molecular formula is C18H24BrNO4. The number of piperidine rings is 1. The Morgan fingerprint density at radius 2 is 2.08 bits per heavy atom. The first-order chi connectivity index (χ1) is 11.1. The minimum atomic E-state index is -0.976. The first-order valence-electron chi connectivity index (χ1n) is 8.07. The number of aliphatic carboxylic acids is 1. The number of hydrogen-bond acceptors (Lipinski definition) is 3. The van der Waals surface area contributed by atoms with Gasteiger partial charge in [-0.05, 0) is 57.7 Å². The number of carboxylic acids is 1. The molecule has 1 atom stereocenters. The van der Waals surface area contributed by atoms with Crippen molar-refractivity contribution in [3.63, 3.8) is 0 Å². The van der Waals surface area contributed by atoms with Gasteiger partial charge in [0, 0.05) is 17.6 Å². The minimum absolute atomic E-state index is 0.170. The molecule has 1 heterocycles. The van der Waals surface area contributed by atoms with Crippen LogP contribution in [0.3, 0.4) is 0 Å². The van der Waals surface area contributed by atoms with Crippen LogP contribution in [0.25, 0.3) is 0 Å². The molecule has 0 bridgehead atoms. The molecule has 0 unspecified atom stereocenters. The van der Waals surface area contributed by atoms with Gasteiger partial charge in [0.2, 0.25) is 0 Å². The Morgan fingerprint density at radius 3 is 2.67 bits per heavy atom. The van der Waals surface area contributed by atoms with E-state index in [9.17, 15) is 14.7 Å². The minimum Gasteiger partial charge on any atom is -0.481 e. The van der Waals surface area contributed by atoms with Gasteiger partial charge in [0.1, 0.15) is 5.60 Å². The van der Waals surface area contributed by atoms with Gasteiger partial charge in [-0.2, -0.15) is 0 Å². The van der Waals surface area contributed by atoms with Crippen LogP contribution in [0, 0.1) is 5.41 Å². The van der Waals surface area contributed by atoms with Gasteiger partial charge in [0.25, 0.3) is 0 Å². The van der Waals surface area contributed by atoms with E-state index < -0.39 is 23.1 Å². The molecule has 0 aromatic heterocycles. The molecule has 1 aliphatic heterocycles. The van der Waals surface area contributed by atoms with Gasteiger partial charge < -0.3 is 14.7 Å². The molecular weight excluding hydrogens is 374 g/mol. The lowest BCUT2D eigenvalue weighted by Gasteiger charge is -2.40. The zero-order valence-corrected chi connectivity index (χ0v) is 15.9. The summed E-state index contributed by atoms with van der Waals surface area (Å²) in [5.74, 6) is -0.865. The summed E-state index contributed by atoms with van der Waals surface area (Å²) in [5, 5.41) is 9.86. The standard InChI is InChI=1S/C18H24BrNO4/c1-17(2,3)24-16(23)20-9-5-8-18(12-20,15(21)22)11-13-6-4-7-14(19)10-13/h4,6-7,10H,5,8-9,11-12H2,1-3H3,(H,21,22)/t18-/m1/s1. The van der Waals surface area contributed by atoms with Crippen LogP contribution in [-0.2, 0) is 16.0 Å². The summed E-state index contributed by atoms with van der Waals surface area (Å²) in [6, 6.07) is 7.65. The normalized spacial score (nSPS) is 21.4. The highest BCUT2D eigenvalue weighted by Gasteiger charge is 2.44. The van der Waals surface area contributed by atoms with E-state index in [1.54, 1.807) is 20.8 Å². The van der Waals surface area contributed by atoms with Crippen molar-refractivity contribution >= 4 is 28.0 Å². The maximum atomic E-state index is 12.3. The number of carbonyl (C=O) groups excluding carboxylic acids is 1. The number of likely N-dealkylation sites (tertiary alicyclic amines) is 1. The summed E-state index contributed by atoms with van der Waals surface area (Å²) < 4.78 is 6.32. The Labute approximate surface area is 151 Å². The van der Waals surface area contributed by atoms with E-state index in [0.29, 0.717) is 25.8 Å². The summed E-state index contributed by atoms with van der Waals surface area (Å²) in [4.78, 5) is 25.9. The van der Waals surface area contributed by atoms with E-state index in [1.165, 1.54) is 4.90 Å². The Bertz CT molecular complexity index is 626. The van der Waals surface area contributed by atoms with E-state index in [0.717, 1.165) is 10.0 Å². The number of rotatable bonds is 3. The summed E-state index contributed by atoms with van der Waals surface area (Å²) in [5.41, 5.74) is -0.626. The largest absolute Gasteiger partial charge is 0.481 e. The molecule has 1 fully saturated rings. The van der Waals surface area contributed by atoms with Gasteiger partial charge in [-0.3, -0.25) is 4.79 Å². The third kappa shape index (κ3) is 4.72. The Morgan fingerprint density at radius 1 is 1.38 bits per heavy atom. The fraction of sp³-hybridized carbons (Fsp3) is 0.556. The highest BCUT2D eigenvalue weighted by Crippen LogP contribution is 2.35. The van der Waals surface area contributed by atoms with Crippen molar-refractivity contribution in [2.45, 2.75) is 45.6 Å². The molecule has 1 N–H and O–H groups in total. The van der Waals surface area contributed by atoms with Crippen LogP contribution >= 0.6 is 15.9 Å². The van der Waals surface area contributed by atoms with E-state index >= 15 is 0 Å². The quantitative estimate of drug-likeness (QED) is 0.833. The van der Waals surface area contributed by atoms with Crippen molar-refractivity contribution in [1.82, 2.24) is 4.90 Å². The third-order valence-electron chi connectivity index (χ3n) is 4.11. The number of nitrogens with zero attached hydrogens (tertiary/aromatic N) is 1. The molecule has 2 rings (SSSR count). The fourth-order valence-corrected chi connectivity index (χ4v) is 3.49. The SMILES string of the molecule is CC(C)(C)OC(=O)N1CCC[C@](Cc2cccc(Br)c2)(C(=O)O)C1. The molecule has 1 amide bonds. The third-order valence-corrected chi connectivity index (χ3v) is 4.61. The van der Waals surface area contributed by atoms with Gasteiger partial charge >= 0.3 is 12.1 Å². The summed E-state index contributed by atoms with van der Waals surface area (Å²) in [6.45, 7) is 6.12. The lowest BCUT2D eigenvalue weighted by Crippen LogP contribution is -2.52. The summed E-state index contributed by atoms with van der Waals surface area (Å²) >= 11 is 3.42. The van der Waals surface area contributed by atoms with Gasteiger partial charge in [-0.1, -0.05) is 28.1 Å². The van der Waals surface area contributed by atoms with E-state index in [4.69, 9.17) is 4.74 Å². The maximum absolute atomic E-state index is 12.3. The average molecular weight is 398 g/mol. The molecule has 24 heavy (non-hydrogen) atoms. The first kappa shape index (κ1) is 18.8. The second kappa shape index (κ2) is 7.13. The predicted octanol–water partition coefficient (Wildman–Crippen LogP) is 4.09. The molecule has 5 nitrogen and oxygen atoms in total. The number of benzene rings is 1. The molecule has 0 radical (unpaired) electrons. The second-order valence-electron chi connectivity index (χ2n) is 7.40. The van der Waals surface area contributed by atoms with Gasteiger partial charge in [-0.25, -0.2) is 4.79 Å². The topological polar surface area (TPSA) is 66.8 Å². The number of halogens is 1. The van der Waals surface area contributed by atoms with Gasteiger partial charge in [0.05, 0.1) is 5.41 Å². The predicted molar refractivity (Wildman–Crippen MR) is 95.0 cm³/mol. The van der Waals surface area contributed by atoms with Crippen molar-refractivity contribution in [1.29, 1.82) is 0 Å². The van der Waals surface area contributed by atoms with Crippen LogP contribution in [-0.4, -0.2) is 40.8 Å². The molecule has 1 aliphatic rings. The number of carboxylic acid groups (broad SMARTS) is 1. The van der Waals surface area contributed by atoms with Crippen molar-refractivity contribution in [3.8, 4) is 0 Å². The Hall–Kier alpha value is -1.56. The second-order valence-corrected chi connectivity index (χ2v) is 8.31. The zero-order valence-electron chi connectivity index (χ0n) is 14.3. The smallest absolute Gasteiger partial charge is 0.410 e. The number of hydrogen-bond donors (Lipinski definition) is 1. The van der Waals surface area contributed by atoms with Crippen LogP contribution in [0.1, 0.15) is 39.2 Å². The molecule has 1 aromatic carbocycles.